The Balaban J connectivity index is 1.61. The lowest BCUT2D eigenvalue weighted by molar-refractivity contribution is -0.128. The monoisotopic (exact) mass is 448 g/mol. The van der Waals surface area contributed by atoms with Crippen LogP contribution in [0.1, 0.15) is 33.3 Å². The Morgan fingerprint density at radius 3 is 2.19 bits per heavy atom. The third-order valence-corrected chi connectivity index (χ3v) is 7.25. The first-order valence-electron chi connectivity index (χ1n) is 11.0. The van der Waals surface area contributed by atoms with Crippen molar-refractivity contribution in [3.63, 3.8) is 0 Å². The minimum atomic E-state index is -3.28. The van der Waals surface area contributed by atoms with E-state index in [0.717, 1.165) is 18.9 Å². The molecule has 31 heavy (non-hydrogen) atoms. The Morgan fingerprint density at radius 2 is 1.65 bits per heavy atom. The molecule has 3 rings (SSSR count). The summed E-state index contributed by atoms with van der Waals surface area (Å²) in [5.74, 6) is -0.662. The van der Waals surface area contributed by atoms with E-state index in [1.165, 1.54) is 11.3 Å². The Bertz CT molecular complexity index is 911. The summed E-state index contributed by atoms with van der Waals surface area (Å²) < 4.78 is 23.5. The highest BCUT2D eigenvalue weighted by atomic mass is 32.2. The Kier molecular flexibility index (Phi) is 6.88. The molecule has 1 saturated heterocycles. The fourth-order valence-electron chi connectivity index (χ4n) is 4.08. The number of piperazine rings is 1. The average molecular weight is 449 g/mol. The molecule has 0 aromatic heterocycles. The van der Waals surface area contributed by atoms with Crippen LogP contribution < -0.4 is 4.90 Å². The molecular weight excluding hydrogens is 412 g/mol. The van der Waals surface area contributed by atoms with Gasteiger partial charge >= 0.3 is 0 Å². The summed E-state index contributed by atoms with van der Waals surface area (Å²) >= 11 is 0. The molecule has 0 saturated carbocycles. The smallest absolute Gasteiger partial charge is 0.237 e. The van der Waals surface area contributed by atoms with Gasteiger partial charge in [0.1, 0.15) is 5.75 Å². The van der Waals surface area contributed by atoms with Gasteiger partial charge in [0, 0.05) is 57.4 Å². The average Bonchev–Trinajstić information content (AvgIpc) is 3.06. The standard InChI is InChI=1S/C23H36N4O3S/c1-6-31(29,30)16-22(28)26-13-11-25(12-14-26)20-9-7-19(8-10-20)21-15-24(5)18-27(21)17-23(2,3)4/h7-10,15H,6,11-14,16-18H2,1-5H3. The molecule has 0 aliphatic carbocycles. The number of rotatable bonds is 6. The SMILES string of the molecule is CCS(=O)(=O)CC(=O)N1CCN(c2ccc(C3=CN(C)CN3CC(C)(C)C)cc2)CC1. The molecule has 0 atom stereocenters. The number of carbonyl (C=O) groups is 1. The molecule has 0 radical (unpaired) electrons. The maximum Gasteiger partial charge on any atom is 0.237 e. The van der Waals surface area contributed by atoms with Crippen molar-refractivity contribution in [3.8, 4) is 0 Å². The summed E-state index contributed by atoms with van der Waals surface area (Å²) in [7, 11) is -1.18. The highest BCUT2D eigenvalue weighted by molar-refractivity contribution is 7.92. The number of anilines is 1. The highest BCUT2D eigenvalue weighted by Crippen LogP contribution is 2.30. The largest absolute Gasteiger partial charge is 0.368 e. The second kappa shape index (κ2) is 9.10. The van der Waals surface area contributed by atoms with Crippen molar-refractivity contribution in [2.24, 2.45) is 5.41 Å². The zero-order valence-electron chi connectivity index (χ0n) is 19.5. The second-order valence-electron chi connectivity index (χ2n) is 9.76. The summed E-state index contributed by atoms with van der Waals surface area (Å²) in [6, 6.07) is 8.62. The van der Waals surface area contributed by atoms with Gasteiger partial charge in [0.05, 0.1) is 12.4 Å². The quantitative estimate of drug-likeness (QED) is 0.666. The zero-order valence-corrected chi connectivity index (χ0v) is 20.3. The van der Waals surface area contributed by atoms with E-state index < -0.39 is 9.84 Å². The van der Waals surface area contributed by atoms with Crippen molar-refractivity contribution in [1.29, 1.82) is 0 Å². The van der Waals surface area contributed by atoms with Gasteiger partial charge in [-0.15, -0.1) is 0 Å². The summed E-state index contributed by atoms with van der Waals surface area (Å²) in [5.41, 5.74) is 3.80. The zero-order chi connectivity index (χ0) is 22.8. The van der Waals surface area contributed by atoms with Crippen molar-refractivity contribution in [1.82, 2.24) is 14.7 Å². The van der Waals surface area contributed by atoms with Crippen LogP contribution in [0.4, 0.5) is 5.69 Å². The van der Waals surface area contributed by atoms with E-state index >= 15 is 0 Å². The number of hydrogen-bond acceptors (Lipinski definition) is 6. The first-order chi connectivity index (χ1) is 14.5. The van der Waals surface area contributed by atoms with Crippen LogP contribution in [0.2, 0.25) is 0 Å². The minimum absolute atomic E-state index is 0.00443. The third-order valence-electron chi connectivity index (χ3n) is 5.69. The topological polar surface area (TPSA) is 64.2 Å². The first-order valence-corrected chi connectivity index (χ1v) is 12.8. The maximum atomic E-state index is 12.3. The molecule has 7 nitrogen and oxygen atoms in total. The van der Waals surface area contributed by atoms with Crippen LogP contribution in [0, 0.1) is 5.41 Å². The maximum absolute atomic E-state index is 12.3. The molecule has 0 spiro atoms. The summed E-state index contributed by atoms with van der Waals surface area (Å²) in [4.78, 5) is 20.8. The summed E-state index contributed by atoms with van der Waals surface area (Å²) in [5, 5.41) is 0. The van der Waals surface area contributed by atoms with E-state index in [-0.39, 0.29) is 22.8 Å². The van der Waals surface area contributed by atoms with Crippen molar-refractivity contribution >= 4 is 27.1 Å². The first kappa shape index (κ1) is 23.4. The lowest BCUT2D eigenvalue weighted by Crippen LogP contribution is -2.50. The lowest BCUT2D eigenvalue weighted by Gasteiger charge is -2.36. The van der Waals surface area contributed by atoms with Crippen LogP contribution in [-0.4, -0.2) is 87.0 Å². The van der Waals surface area contributed by atoms with Crippen molar-refractivity contribution in [2.75, 3.05) is 62.8 Å². The van der Waals surface area contributed by atoms with Gasteiger partial charge in [-0.05, 0) is 23.1 Å². The molecule has 172 valence electrons. The minimum Gasteiger partial charge on any atom is -0.368 e. The molecule has 2 aliphatic heterocycles. The lowest BCUT2D eigenvalue weighted by atomic mass is 9.95. The number of sulfone groups is 1. The summed E-state index contributed by atoms with van der Waals surface area (Å²) in [6.07, 6.45) is 2.20. The molecule has 2 aliphatic rings. The van der Waals surface area contributed by atoms with Gasteiger partial charge in [0.15, 0.2) is 9.84 Å². The number of nitrogens with zero attached hydrogens (tertiary/aromatic N) is 4. The molecular formula is C23H36N4O3S. The molecule has 1 aromatic rings. The Labute approximate surface area is 187 Å². The van der Waals surface area contributed by atoms with Gasteiger partial charge in [-0.3, -0.25) is 4.79 Å². The van der Waals surface area contributed by atoms with Crippen molar-refractivity contribution < 1.29 is 13.2 Å². The fourth-order valence-corrected chi connectivity index (χ4v) is 4.84. The molecule has 0 N–H and O–H groups in total. The van der Waals surface area contributed by atoms with Gasteiger partial charge in [-0.1, -0.05) is 39.8 Å². The van der Waals surface area contributed by atoms with E-state index in [4.69, 9.17) is 0 Å². The number of benzene rings is 1. The van der Waals surface area contributed by atoms with Crippen molar-refractivity contribution in [3.05, 3.63) is 36.0 Å². The van der Waals surface area contributed by atoms with Crippen LogP contribution in [-0.2, 0) is 14.6 Å². The van der Waals surface area contributed by atoms with E-state index in [1.807, 2.05) is 0 Å². The third kappa shape index (κ3) is 6.15. The number of carbonyl (C=O) groups excluding carboxylic acids is 1. The second-order valence-corrected chi connectivity index (χ2v) is 12.1. The van der Waals surface area contributed by atoms with Crippen LogP contribution in [0.15, 0.2) is 30.5 Å². The van der Waals surface area contributed by atoms with E-state index in [2.05, 4.69) is 73.0 Å². The molecule has 8 heteroatoms. The van der Waals surface area contributed by atoms with Crippen LogP contribution in [0.25, 0.3) is 5.70 Å². The van der Waals surface area contributed by atoms with Crippen LogP contribution >= 0.6 is 0 Å². The Hall–Kier alpha value is -2.22. The predicted octanol–water partition coefficient (Wildman–Crippen LogP) is 2.32. The number of hydrogen-bond donors (Lipinski definition) is 0. The van der Waals surface area contributed by atoms with Gasteiger partial charge in [0.2, 0.25) is 5.91 Å². The molecule has 1 fully saturated rings. The van der Waals surface area contributed by atoms with Gasteiger partial charge in [-0.2, -0.15) is 0 Å². The normalized spacial score (nSPS) is 17.9. The predicted molar refractivity (Wildman–Crippen MR) is 126 cm³/mol. The molecule has 0 unspecified atom stereocenters. The molecule has 2 heterocycles. The van der Waals surface area contributed by atoms with Gasteiger partial charge < -0.3 is 19.6 Å². The Morgan fingerprint density at radius 1 is 1.03 bits per heavy atom. The van der Waals surface area contributed by atoms with E-state index in [1.54, 1.807) is 11.8 Å². The van der Waals surface area contributed by atoms with Gasteiger partial charge in [0.25, 0.3) is 0 Å². The molecule has 1 aromatic carbocycles. The van der Waals surface area contributed by atoms with Crippen LogP contribution in [0.5, 0.6) is 0 Å². The van der Waals surface area contributed by atoms with Crippen molar-refractivity contribution in [2.45, 2.75) is 27.7 Å². The summed E-state index contributed by atoms with van der Waals surface area (Å²) in [6.45, 7) is 12.8. The van der Waals surface area contributed by atoms with Gasteiger partial charge in [-0.25, -0.2) is 8.42 Å². The van der Waals surface area contributed by atoms with Crippen LogP contribution in [0.3, 0.4) is 0 Å². The molecule has 1 amide bonds. The van der Waals surface area contributed by atoms with E-state index in [0.29, 0.717) is 26.2 Å². The van der Waals surface area contributed by atoms with E-state index in [9.17, 15) is 13.2 Å². The number of amides is 1. The molecule has 0 bridgehead atoms. The highest BCUT2D eigenvalue weighted by Gasteiger charge is 2.26. The fraction of sp³-hybridized carbons (Fsp3) is 0.609.